The van der Waals surface area contributed by atoms with Crippen LogP contribution in [0.2, 0.25) is 0 Å². The van der Waals surface area contributed by atoms with Gasteiger partial charge in [0.1, 0.15) is 18.2 Å². The third kappa shape index (κ3) is 4.27. The van der Waals surface area contributed by atoms with Crippen LogP contribution in [-0.2, 0) is 17.8 Å². The Balaban J connectivity index is 2.30. The fraction of sp³-hybridized carbons (Fsp3) is 0.316. The van der Waals surface area contributed by atoms with Crippen molar-refractivity contribution in [2.75, 3.05) is 12.2 Å². The number of nitrogens with zero attached hydrogens (tertiary/aromatic N) is 1. The van der Waals surface area contributed by atoms with Gasteiger partial charge in [0, 0.05) is 0 Å². The number of anilines is 1. The average Bonchev–Trinajstić information content (AvgIpc) is 2.61. The third-order valence-corrected chi connectivity index (χ3v) is 4.40. The summed E-state index contributed by atoms with van der Waals surface area (Å²) < 4.78 is 24.9. The Labute approximate surface area is 152 Å². The molecule has 2 aromatic carbocycles. The lowest BCUT2D eigenvalue weighted by Gasteiger charge is -2.20. The summed E-state index contributed by atoms with van der Waals surface area (Å²) in [5.74, 6) is 0.192. The summed E-state index contributed by atoms with van der Waals surface area (Å²) in [6.45, 7) is 6.03. The summed E-state index contributed by atoms with van der Waals surface area (Å²) >= 11 is 4.90. The van der Waals surface area contributed by atoms with Crippen LogP contribution >= 0.6 is 12.2 Å². The van der Waals surface area contributed by atoms with Crippen molar-refractivity contribution >= 4 is 23.1 Å². The number of rotatable bonds is 5. The van der Waals surface area contributed by atoms with E-state index in [9.17, 15) is 9.60 Å². The normalized spacial score (nSPS) is 10.5. The van der Waals surface area contributed by atoms with Gasteiger partial charge in [-0.1, -0.05) is 19.1 Å². The predicted molar refractivity (Wildman–Crippen MR) is 99.9 cm³/mol. The van der Waals surface area contributed by atoms with Crippen molar-refractivity contribution in [3.8, 4) is 5.75 Å². The molecule has 0 fully saturated rings. The maximum atomic E-state index is 14.3. The molecule has 4 nitrogen and oxygen atoms in total. The smallest absolute Gasteiger partial charge is 0.288 e. The van der Waals surface area contributed by atoms with Crippen molar-refractivity contribution in [2.24, 2.45) is 0 Å². The first-order valence-corrected chi connectivity index (χ1v) is 8.37. The second-order valence-corrected chi connectivity index (χ2v) is 6.06. The summed E-state index contributed by atoms with van der Waals surface area (Å²) in [6, 6.07) is 8.37. The second-order valence-electron chi connectivity index (χ2n) is 5.71. The minimum atomic E-state index is -0.491. The molecule has 0 aliphatic heterocycles. The topological polar surface area (TPSA) is 41.9 Å². The number of hydroxylamine groups is 1. The van der Waals surface area contributed by atoms with Crippen LogP contribution in [0.5, 0.6) is 5.75 Å². The van der Waals surface area contributed by atoms with Crippen molar-refractivity contribution in [1.29, 1.82) is 0 Å². The Bertz CT molecular complexity index is 780. The molecule has 0 saturated carbocycles. The van der Waals surface area contributed by atoms with Crippen LogP contribution in [0.15, 0.2) is 30.3 Å². The molecule has 0 aromatic heterocycles. The van der Waals surface area contributed by atoms with Crippen molar-refractivity contribution < 1.29 is 19.1 Å². The van der Waals surface area contributed by atoms with Crippen LogP contribution < -0.4 is 9.80 Å². The third-order valence-electron chi connectivity index (χ3n) is 4.06. The molecule has 0 unspecified atom stereocenters. The van der Waals surface area contributed by atoms with Crippen molar-refractivity contribution in [3.63, 3.8) is 0 Å². The van der Waals surface area contributed by atoms with Crippen LogP contribution in [0, 0.1) is 19.7 Å². The number of halogens is 1. The van der Waals surface area contributed by atoms with Crippen molar-refractivity contribution in [3.05, 3.63) is 58.4 Å². The maximum absolute atomic E-state index is 14.3. The molecule has 6 heteroatoms. The second kappa shape index (κ2) is 8.27. The molecule has 0 aliphatic carbocycles. The molecule has 134 valence electrons. The lowest BCUT2D eigenvalue weighted by atomic mass is 10.0. The molecule has 0 saturated heterocycles. The van der Waals surface area contributed by atoms with Gasteiger partial charge in [0.2, 0.25) is 0 Å². The minimum Gasteiger partial charge on any atom is -0.488 e. The number of aryl methyl sites for hydroxylation is 3. The van der Waals surface area contributed by atoms with Gasteiger partial charge in [0.25, 0.3) is 5.17 Å². The number of benzene rings is 2. The lowest BCUT2D eigenvalue weighted by molar-refractivity contribution is 0.262. The molecule has 0 amide bonds. The van der Waals surface area contributed by atoms with E-state index < -0.39 is 5.82 Å². The zero-order chi connectivity index (χ0) is 18.6. The van der Waals surface area contributed by atoms with Crippen LogP contribution in [0.25, 0.3) is 0 Å². The molecule has 0 aliphatic rings. The monoisotopic (exact) mass is 363 g/mol. The van der Waals surface area contributed by atoms with Gasteiger partial charge in [-0.2, -0.15) is 5.06 Å². The highest BCUT2D eigenvalue weighted by molar-refractivity contribution is 7.80. The molecule has 0 spiro atoms. The fourth-order valence-corrected chi connectivity index (χ4v) is 2.71. The zero-order valence-electron chi connectivity index (χ0n) is 14.8. The van der Waals surface area contributed by atoms with Crippen LogP contribution in [0.3, 0.4) is 0 Å². The molecule has 0 radical (unpaired) electrons. The maximum Gasteiger partial charge on any atom is 0.288 e. The number of methoxy groups -OCH3 is 1. The molecule has 2 rings (SSSR count). The zero-order valence-corrected chi connectivity index (χ0v) is 15.6. The van der Waals surface area contributed by atoms with E-state index in [0.717, 1.165) is 17.5 Å². The Kier molecular flexibility index (Phi) is 6.33. The summed E-state index contributed by atoms with van der Waals surface area (Å²) in [5.41, 5.74) is 3.74. The van der Waals surface area contributed by atoms with Crippen LogP contribution in [-0.4, -0.2) is 17.5 Å². The van der Waals surface area contributed by atoms with Crippen LogP contribution in [0.1, 0.15) is 29.2 Å². The van der Waals surface area contributed by atoms with Gasteiger partial charge in [0.15, 0.2) is 0 Å². The first-order chi connectivity index (χ1) is 11.9. The van der Waals surface area contributed by atoms with Gasteiger partial charge < -0.3 is 9.47 Å². The Hall–Kier alpha value is -2.18. The largest absolute Gasteiger partial charge is 0.488 e. The minimum absolute atomic E-state index is 0.0445. The van der Waals surface area contributed by atoms with Gasteiger partial charge >= 0.3 is 0 Å². The molecule has 0 bridgehead atoms. The predicted octanol–water partition coefficient (Wildman–Crippen LogP) is 4.71. The average molecular weight is 363 g/mol. The first kappa shape index (κ1) is 19.1. The Morgan fingerprint density at radius 2 is 1.96 bits per heavy atom. The van der Waals surface area contributed by atoms with E-state index in [0.29, 0.717) is 10.8 Å². The van der Waals surface area contributed by atoms with Gasteiger partial charge in [-0.05, 0) is 67.4 Å². The quantitative estimate of drug-likeness (QED) is 0.615. The van der Waals surface area contributed by atoms with Gasteiger partial charge in [0.05, 0.1) is 18.4 Å². The molecule has 2 aromatic rings. The van der Waals surface area contributed by atoms with Gasteiger partial charge in [-0.25, -0.2) is 4.39 Å². The van der Waals surface area contributed by atoms with E-state index in [1.165, 1.54) is 24.8 Å². The first-order valence-electron chi connectivity index (χ1n) is 7.96. The van der Waals surface area contributed by atoms with E-state index in [-0.39, 0.29) is 23.0 Å². The van der Waals surface area contributed by atoms with Crippen LogP contribution in [0.4, 0.5) is 10.1 Å². The van der Waals surface area contributed by atoms with E-state index in [2.05, 4.69) is 13.0 Å². The number of thiocarbonyl (C=S) groups is 1. The van der Waals surface area contributed by atoms with Crippen molar-refractivity contribution in [2.45, 2.75) is 33.8 Å². The highest BCUT2D eigenvalue weighted by atomic mass is 32.1. The molecule has 0 heterocycles. The highest BCUT2D eigenvalue weighted by Crippen LogP contribution is 2.28. The van der Waals surface area contributed by atoms with E-state index in [1.807, 2.05) is 19.9 Å². The summed E-state index contributed by atoms with van der Waals surface area (Å²) in [6.07, 6.45) is 0.943. The summed E-state index contributed by atoms with van der Waals surface area (Å²) in [5, 5.41) is 10.6. The van der Waals surface area contributed by atoms with E-state index in [4.69, 9.17) is 21.7 Å². The van der Waals surface area contributed by atoms with Gasteiger partial charge in [-0.15, -0.1) is 0 Å². The van der Waals surface area contributed by atoms with Gasteiger partial charge in [-0.3, -0.25) is 5.21 Å². The molecular weight excluding hydrogens is 341 g/mol. The number of hydrogen-bond acceptors (Lipinski definition) is 4. The fourth-order valence-electron chi connectivity index (χ4n) is 2.61. The molecule has 0 atom stereocenters. The highest BCUT2D eigenvalue weighted by Gasteiger charge is 2.18. The summed E-state index contributed by atoms with van der Waals surface area (Å²) in [7, 11) is 1.34. The Morgan fingerprint density at radius 1 is 1.24 bits per heavy atom. The molecule has 1 N–H and O–H groups in total. The standard InChI is InChI=1S/C19H22FNO3S/c1-5-14-9-13(3)18(10-12(14)2)24-11-15-16(20)7-6-8-17(15)21(22)19(25)23-4/h6-10,22H,5,11H2,1-4H3. The number of hydrogen-bond donors (Lipinski definition) is 1. The lowest BCUT2D eigenvalue weighted by Crippen LogP contribution is -2.28. The Morgan fingerprint density at radius 3 is 2.60 bits per heavy atom. The van der Waals surface area contributed by atoms with E-state index >= 15 is 0 Å². The van der Waals surface area contributed by atoms with Crippen molar-refractivity contribution in [1.82, 2.24) is 0 Å². The number of ether oxygens (including phenoxy) is 2. The molecular formula is C19H22FNO3S. The molecule has 25 heavy (non-hydrogen) atoms. The SMILES string of the molecule is CCc1cc(C)c(OCc2c(F)cccc2N(O)C(=S)OC)cc1C. The summed E-state index contributed by atoms with van der Waals surface area (Å²) in [4.78, 5) is 0. The van der Waals surface area contributed by atoms with E-state index in [1.54, 1.807) is 6.07 Å².